The summed E-state index contributed by atoms with van der Waals surface area (Å²) in [6.07, 6.45) is 6.10. The first-order valence-electron chi connectivity index (χ1n) is 8.76. The van der Waals surface area contributed by atoms with Gasteiger partial charge >= 0.3 is 6.03 Å². The topological polar surface area (TPSA) is 64.7 Å². The maximum absolute atomic E-state index is 12.7. The summed E-state index contributed by atoms with van der Waals surface area (Å²) in [6.45, 7) is 5.15. The number of nitrogens with zero attached hydrogens (tertiary/aromatic N) is 2. The van der Waals surface area contributed by atoms with Crippen LogP contribution in [0.4, 0.5) is 4.79 Å². The van der Waals surface area contributed by atoms with E-state index >= 15 is 0 Å². The standard InChI is InChI=1S/C16H28N4O2.ClH/c1-2-17-16(22)20-9-7-19(8-10-20)15(21)14-11-12-5-3-4-6-13(12)18-14;/h12-14,18H,2-11H2,1H3,(H,17,22);1H. The van der Waals surface area contributed by atoms with Crippen LogP contribution in [-0.4, -0.2) is 66.5 Å². The molecular formula is C16H29ClN4O2. The Bertz CT molecular complexity index is 412. The SMILES string of the molecule is CCNC(=O)N1CCN(C(=O)C2CC3CCCCC3N2)CC1.Cl. The molecule has 2 aliphatic heterocycles. The van der Waals surface area contributed by atoms with Crippen LogP contribution in [0.5, 0.6) is 0 Å². The van der Waals surface area contributed by atoms with Crippen molar-refractivity contribution in [1.82, 2.24) is 20.4 Å². The van der Waals surface area contributed by atoms with Gasteiger partial charge in [0.05, 0.1) is 6.04 Å². The average Bonchev–Trinajstić information content (AvgIpc) is 2.98. The molecule has 3 aliphatic rings. The fourth-order valence-corrected chi connectivity index (χ4v) is 4.12. The summed E-state index contributed by atoms with van der Waals surface area (Å²) >= 11 is 0. The number of piperazine rings is 1. The molecule has 0 bridgehead atoms. The zero-order chi connectivity index (χ0) is 15.5. The minimum Gasteiger partial charge on any atom is -0.338 e. The van der Waals surface area contributed by atoms with Crippen LogP contribution in [0.15, 0.2) is 0 Å². The molecule has 0 aromatic heterocycles. The first-order valence-corrected chi connectivity index (χ1v) is 8.76. The number of carbonyl (C=O) groups is 2. The van der Waals surface area contributed by atoms with Gasteiger partial charge in [-0.2, -0.15) is 0 Å². The van der Waals surface area contributed by atoms with Gasteiger partial charge < -0.3 is 20.4 Å². The predicted octanol–water partition coefficient (Wildman–Crippen LogP) is 1.20. The zero-order valence-corrected chi connectivity index (χ0v) is 14.7. The quantitative estimate of drug-likeness (QED) is 0.791. The fourth-order valence-electron chi connectivity index (χ4n) is 4.12. The molecule has 3 amide bonds. The lowest BCUT2D eigenvalue weighted by atomic mass is 9.85. The smallest absolute Gasteiger partial charge is 0.317 e. The Labute approximate surface area is 144 Å². The lowest BCUT2D eigenvalue weighted by Crippen LogP contribution is -2.56. The number of rotatable bonds is 2. The van der Waals surface area contributed by atoms with Crippen molar-refractivity contribution in [2.75, 3.05) is 32.7 Å². The summed E-state index contributed by atoms with van der Waals surface area (Å²) in [7, 11) is 0. The number of urea groups is 1. The van der Waals surface area contributed by atoms with Crippen molar-refractivity contribution in [2.45, 2.75) is 51.1 Å². The number of amides is 3. The molecule has 0 radical (unpaired) electrons. The Morgan fingerprint density at radius 3 is 2.39 bits per heavy atom. The number of nitrogens with one attached hydrogen (secondary N) is 2. The molecule has 0 spiro atoms. The molecule has 2 heterocycles. The van der Waals surface area contributed by atoms with Crippen LogP contribution in [0, 0.1) is 5.92 Å². The molecule has 2 N–H and O–H groups in total. The van der Waals surface area contributed by atoms with Gasteiger partial charge in [0.1, 0.15) is 0 Å². The van der Waals surface area contributed by atoms with Gasteiger partial charge in [-0.25, -0.2) is 4.79 Å². The molecule has 0 aromatic carbocycles. The Kier molecular flexibility index (Phi) is 6.53. The van der Waals surface area contributed by atoms with Crippen molar-refractivity contribution in [1.29, 1.82) is 0 Å². The van der Waals surface area contributed by atoms with Gasteiger partial charge in [-0.05, 0) is 32.1 Å². The molecule has 1 aliphatic carbocycles. The second-order valence-corrected chi connectivity index (χ2v) is 6.75. The van der Waals surface area contributed by atoms with E-state index in [9.17, 15) is 9.59 Å². The summed E-state index contributed by atoms with van der Waals surface area (Å²) < 4.78 is 0. The molecule has 7 heteroatoms. The monoisotopic (exact) mass is 344 g/mol. The number of halogens is 1. The molecule has 3 atom stereocenters. The highest BCUT2D eigenvalue weighted by Crippen LogP contribution is 2.33. The lowest BCUT2D eigenvalue weighted by molar-refractivity contribution is -0.134. The Hall–Kier alpha value is -1.01. The Balaban J connectivity index is 0.00000192. The van der Waals surface area contributed by atoms with Crippen molar-refractivity contribution in [2.24, 2.45) is 5.92 Å². The molecule has 1 saturated carbocycles. The van der Waals surface area contributed by atoms with Crippen LogP contribution >= 0.6 is 12.4 Å². The number of carbonyl (C=O) groups excluding carboxylic acids is 2. The third-order valence-corrected chi connectivity index (χ3v) is 5.37. The van der Waals surface area contributed by atoms with E-state index in [1.54, 1.807) is 4.90 Å². The maximum Gasteiger partial charge on any atom is 0.317 e. The lowest BCUT2D eigenvalue weighted by Gasteiger charge is -2.36. The molecular weight excluding hydrogens is 316 g/mol. The first kappa shape index (κ1) is 18.3. The van der Waals surface area contributed by atoms with E-state index in [-0.39, 0.29) is 30.4 Å². The van der Waals surface area contributed by atoms with Crippen LogP contribution < -0.4 is 10.6 Å². The van der Waals surface area contributed by atoms with Crippen LogP contribution in [-0.2, 0) is 4.79 Å². The highest BCUT2D eigenvalue weighted by atomic mass is 35.5. The van der Waals surface area contributed by atoms with Gasteiger partial charge in [-0.3, -0.25) is 4.79 Å². The maximum atomic E-state index is 12.7. The fraction of sp³-hybridized carbons (Fsp3) is 0.875. The minimum absolute atomic E-state index is 0. The van der Waals surface area contributed by atoms with Gasteiger partial charge in [-0.15, -0.1) is 12.4 Å². The van der Waals surface area contributed by atoms with E-state index in [2.05, 4.69) is 10.6 Å². The van der Waals surface area contributed by atoms with Crippen LogP contribution in [0.3, 0.4) is 0 Å². The Morgan fingerprint density at radius 1 is 1.09 bits per heavy atom. The van der Waals surface area contributed by atoms with E-state index in [0.29, 0.717) is 44.7 Å². The van der Waals surface area contributed by atoms with Gasteiger partial charge in [-0.1, -0.05) is 12.8 Å². The zero-order valence-electron chi connectivity index (χ0n) is 13.9. The summed E-state index contributed by atoms with van der Waals surface area (Å²) in [5.41, 5.74) is 0. The van der Waals surface area contributed by atoms with E-state index in [0.717, 1.165) is 6.42 Å². The van der Waals surface area contributed by atoms with E-state index < -0.39 is 0 Å². The van der Waals surface area contributed by atoms with Gasteiger partial charge in [0.25, 0.3) is 0 Å². The molecule has 3 unspecified atom stereocenters. The summed E-state index contributed by atoms with van der Waals surface area (Å²) in [5.74, 6) is 0.935. The van der Waals surface area contributed by atoms with Crippen molar-refractivity contribution in [3.8, 4) is 0 Å². The number of hydrogen-bond donors (Lipinski definition) is 2. The van der Waals surface area contributed by atoms with Crippen molar-refractivity contribution < 1.29 is 9.59 Å². The largest absolute Gasteiger partial charge is 0.338 e. The molecule has 132 valence electrons. The van der Waals surface area contributed by atoms with Gasteiger partial charge in [0.2, 0.25) is 5.91 Å². The third-order valence-electron chi connectivity index (χ3n) is 5.37. The van der Waals surface area contributed by atoms with Gasteiger partial charge in [0, 0.05) is 38.8 Å². The second-order valence-electron chi connectivity index (χ2n) is 6.75. The molecule has 3 fully saturated rings. The minimum atomic E-state index is -0.0142. The highest BCUT2D eigenvalue weighted by Gasteiger charge is 2.40. The molecule has 23 heavy (non-hydrogen) atoms. The van der Waals surface area contributed by atoms with Crippen molar-refractivity contribution in [3.05, 3.63) is 0 Å². The summed E-state index contributed by atoms with van der Waals surface area (Å²) in [5, 5.41) is 6.38. The molecule has 3 rings (SSSR count). The third kappa shape index (κ3) is 4.10. The van der Waals surface area contributed by atoms with Crippen LogP contribution in [0.25, 0.3) is 0 Å². The predicted molar refractivity (Wildman–Crippen MR) is 91.8 cm³/mol. The van der Waals surface area contributed by atoms with E-state index in [4.69, 9.17) is 0 Å². The molecule has 0 aromatic rings. The normalized spacial score (nSPS) is 30.4. The molecule has 2 saturated heterocycles. The van der Waals surface area contributed by atoms with E-state index in [1.165, 1.54) is 25.7 Å². The van der Waals surface area contributed by atoms with Crippen LogP contribution in [0.1, 0.15) is 39.0 Å². The molecule has 6 nitrogen and oxygen atoms in total. The number of hydrogen-bond acceptors (Lipinski definition) is 3. The van der Waals surface area contributed by atoms with Gasteiger partial charge in [0.15, 0.2) is 0 Å². The average molecular weight is 345 g/mol. The van der Waals surface area contributed by atoms with Crippen LogP contribution in [0.2, 0.25) is 0 Å². The van der Waals surface area contributed by atoms with Crippen molar-refractivity contribution in [3.63, 3.8) is 0 Å². The van der Waals surface area contributed by atoms with Crippen molar-refractivity contribution >= 4 is 24.3 Å². The Morgan fingerprint density at radius 2 is 1.74 bits per heavy atom. The first-order chi connectivity index (χ1) is 10.7. The number of fused-ring (bicyclic) bond motifs is 1. The second kappa shape index (κ2) is 8.20. The summed E-state index contributed by atoms with van der Waals surface area (Å²) in [4.78, 5) is 28.2. The van der Waals surface area contributed by atoms with E-state index in [1.807, 2.05) is 11.8 Å². The summed E-state index contributed by atoms with van der Waals surface area (Å²) in [6, 6.07) is 0.544. The highest BCUT2D eigenvalue weighted by molar-refractivity contribution is 5.85.